The van der Waals surface area contributed by atoms with Crippen molar-refractivity contribution < 1.29 is 0 Å². The van der Waals surface area contributed by atoms with Gasteiger partial charge in [-0.15, -0.1) is 0 Å². The van der Waals surface area contributed by atoms with Gasteiger partial charge < -0.3 is 10.2 Å². The lowest BCUT2D eigenvalue weighted by molar-refractivity contribution is 0.619. The molecule has 2 rings (SSSR count). The Balaban J connectivity index is 2.12. The highest BCUT2D eigenvalue weighted by Crippen LogP contribution is 2.30. The van der Waals surface area contributed by atoms with Crippen molar-refractivity contribution >= 4 is 21.6 Å². The molecule has 0 aromatic heterocycles. The number of nitrogens with one attached hydrogen (secondary N) is 1. The van der Waals surface area contributed by atoms with Gasteiger partial charge in [0.25, 0.3) is 0 Å². The zero-order valence-electron chi connectivity index (χ0n) is 12.1. The van der Waals surface area contributed by atoms with Crippen molar-refractivity contribution in [3.05, 3.63) is 28.2 Å². The number of hydrogen-bond acceptors (Lipinski definition) is 2. The van der Waals surface area contributed by atoms with E-state index in [9.17, 15) is 0 Å². The molecule has 1 aliphatic rings. The van der Waals surface area contributed by atoms with E-state index in [1.54, 1.807) is 0 Å². The molecular formula is C16H25BrN2. The molecule has 0 spiro atoms. The average Bonchev–Trinajstić information content (AvgIpc) is 2.92. The van der Waals surface area contributed by atoms with Gasteiger partial charge >= 0.3 is 0 Å². The van der Waals surface area contributed by atoms with Gasteiger partial charge in [0, 0.05) is 29.3 Å². The molecule has 0 heterocycles. The predicted octanol–water partition coefficient (Wildman–Crippen LogP) is 4.33. The summed E-state index contributed by atoms with van der Waals surface area (Å²) in [7, 11) is 0. The Bertz CT molecular complexity index is 400. The van der Waals surface area contributed by atoms with Crippen LogP contribution in [0, 0.1) is 0 Å². The van der Waals surface area contributed by atoms with E-state index in [4.69, 9.17) is 0 Å². The highest BCUT2D eigenvalue weighted by molar-refractivity contribution is 9.10. The third kappa shape index (κ3) is 3.73. The van der Waals surface area contributed by atoms with Crippen LogP contribution < -0.4 is 10.2 Å². The van der Waals surface area contributed by atoms with Crippen LogP contribution in [0.3, 0.4) is 0 Å². The van der Waals surface area contributed by atoms with E-state index in [0.29, 0.717) is 0 Å². The normalized spacial score (nSPS) is 15.9. The maximum Gasteiger partial charge on any atom is 0.0380 e. The summed E-state index contributed by atoms with van der Waals surface area (Å²) in [5.41, 5.74) is 2.70. The van der Waals surface area contributed by atoms with Crippen molar-refractivity contribution in [2.45, 2.75) is 52.1 Å². The summed E-state index contributed by atoms with van der Waals surface area (Å²) in [4.78, 5) is 2.56. The van der Waals surface area contributed by atoms with Gasteiger partial charge in [-0.3, -0.25) is 0 Å². The fourth-order valence-electron chi connectivity index (χ4n) is 2.99. The second-order valence-electron chi connectivity index (χ2n) is 5.28. The molecule has 0 unspecified atom stereocenters. The third-order valence-electron chi connectivity index (χ3n) is 4.04. The van der Waals surface area contributed by atoms with Crippen LogP contribution in [-0.4, -0.2) is 19.1 Å². The minimum absolute atomic E-state index is 0.747. The van der Waals surface area contributed by atoms with Gasteiger partial charge in [-0.25, -0.2) is 0 Å². The van der Waals surface area contributed by atoms with Crippen LogP contribution >= 0.6 is 15.9 Å². The second kappa shape index (κ2) is 7.30. The van der Waals surface area contributed by atoms with Gasteiger partial charge in [-0.1, -0.05) is 41.8 Å². The molecule has 1 N–H and O–H groups in total. The molecular weight excluding hydrogens is 300 g/mol. The number of nitrogens with zero attached hydrogens (tertiary/aromatic N) is 1. The Morgan fingerprint density at radius 1 is 1.26 bits per heavy atom. The first-order valence-electron chi connectivity index (χ1n) is 7.52. The lowest BCUT2D eigenvalue weighted by Gasteiger charge is -2.30. The maximum atomic E-state index is 3.72. The Morgan fingerprint density at radius 3 is 2.58 bits per heavy atom. The summed E-state index contributed by atoms with van der Waals surface area (Å²) in [6, 6.07) is 7.56. The second-order valence-corrected chi connectivity index (χ2v) is 6.13. The van der Waals surface area contributed by atoms with Crippen LogP contribution in [0.15, 0.2) is 22.7 Å². The van der Waals surface area contributed by atoms with Gasteiger partial charge in [-0.05, 0) is 44.0 Å². The van der Waals surface area contributed by atoms with E-state index in [2.05, 4.69) is 58.2 Å². The Kier molecular flexibility index (Phi) is 5.71. The topological polar surface area (TPSA) is 15.3 Å². The van der Waals surface area contributed by atoms with Crippen LogP contribution in [-0.2, 0) is 6.54 Å². The number of benzene rings is 1. The molecule has 1 saturated carbocycles. The van der Waals surface area contributed by atoms with Crippen LogP contribution in [0.25, 0.3) is 0 Å². The molecule has 1 aromatic rings. The van der Waals surface area contributed by atoms with E-state index in [-0.39, 0.29) is 0 Å². The van der Waals surface area contributed by atoms with Gasteiger partial charge in [0.2, 0.25) is 0 Å². The summed E-state index contributed by atoms with van der Waals surface area (Å²) in [6.07, 6.45) is 5.48. The van der Waals surface area contributed by atoms with Crippen molar-refractivity contribution in [1.82, 2.24) is 5.32 Å². The smallest absolute Gasteiger partial charge is 0.0380 e. The SMILES string of the molecule is CCNCc1ccc(N(CC)C2CCCC2)cc1Br. The molecule has 0 saturated heterocycles. The highest BCUT2D eigenvalue weighted by Gasteiger charge is 2.21. The van der Waals surface area contributed by atoms with Gasteiger partial charge in [0.1, 0.15) is 0 Å². The van der Waals surface area contributed by atoms with Crippen LogP contribution in [0.2, 0.25) is 0 Å². The molecule has 1 aromatic carbocycles. The number of rotatable bonds is 6. The molecule has 0 amide bonds. The van der Waals surface area contributed by atoms with E-state index in [1.165, 1.54) is 41.4 Å². The van der Waals surface area contributed by atoms with E-state index >= 15 is 0 Å². The molecule has 3 heteroatoms. The van der Waals surface area contributed by atoms with Crippen LogP contribution in [0.5, 0.6) is 0 Å². The minimum Gasteiger partial charge on any atom is -0.369 e. The first kappa shape index (κ1) is 14.9. The highest BCUT2D eigenvalue weighted by atomic mass is 79.9. The molecule has 0 bridgehead atoms. The predicted molar refractivity (Wildman–Crippen MR) is 86.8 cm³/mol. The van der Waals surface area contributed by atoms with Gasteiger partial charge in [0.15, 0.2) is 0 Å². The number of anilines is 1. The quantitative estimate of drug-likeness (QED) is 0.837. The summed E-state index contributed by atoms with van der Waals surface area (Å²) in [5.74, 6) is 0. The average molecular weight is 325 g/mol. The summed E-state index contributed by atoms with van der Waals surface area (Å²) in [6.45, 7) is 7.45. The van der Waals surface area contributed by atoms with Crippen LogP contribution in [0.4, 0.5) is 5.69 Å². The van der Waals surface area contributed by atoms with Crippen molar-refractivity contribution in [2.75, 3.05) is 18.0 Å². The van der Waals surface area contributed by atoms with E-state index in [1.807, 2.05) is 0 Å². The lowest BCUT2D eigenvalue weighted by Crippen LogP contribution is -2.32. The van der Waals surface area contributed by atoms with Crippen molar-refractivity contribution in [3.8, 4) is 0 Å². The van der Waals surface area contributed by atoms with Crippen molar-refractivity contribution in [2.24, 2.45) is 0 Å². The molecule has 1 fully saturated rings. The Morgan fingerprint density at radius 2 is 2.00 bits per heavy atom. The van der Waals surface area contributed by atoms with E-state index in [0.717, 1.165) is 25.7 Å². The van der Waals surface area contributed by atoms with E-state index < -0.39 is 0 Å². The summed E-state index contributed by atoms with van der Waals surface area (Å²) >= 11 is 3.72. The molecule has 2 nitrogen and oxygen atoms in total. The Hall–Kier alpha value is -0.540. The first-order valence-corrected chi connectivity index (χ1v) is 8.31. The fourth-order valence-corrected chi connectivity index (χ4v) is 3.49. The minimum atomic E-state index is 0.747. The monoisotopic (exact) mass is 324 g/mol. The summed E-state index contributed by atoms with van der Waals surface area (Å²) in [5, 5.41) is 3.38. The molecule has 106 valence electrons. The maximum absolute atomic E-state index is 3.72. The van der Waals surface area contributed by atoms with Crippen molar-refractivity contribution in [1.29, 1.82) is 0 Å². The largest absolute Gasteiger partial charge is 0.369 e. The van der Waals surface area contributed by atoms with Crippen LogP contribution in [0.1, 0.15) is 45.1 Å². The lowest BCUT2D eigenvalue weighted by atomic mass is 10.1. The first-order chi connectivity index (χ1) is 9.26. The standard InChI is InChI=1S/C16H25BrN2/c1-3-18-12-13-9-10-15(11-16(13)17)19(4-2)14-7-5-6-8-14/h9-11,14,18H,3-8,12H2,1-2H3. The summed E-state index contributed by atoms with van der Waals surface area (Å²) < 4.78 is 1.22. The van der Waals surface area contributed by atoms with Crippen molar-refractivity contribution in [3.63, 3.8) is 0 Å². The Labute approximate surface area is 125 Å². The number of hydrogen-bond donors (Lipinski definition) is 1. The molecule has 0 radical (unpaired) electrons. The zero-order chi connectivity index (χ0) is 13.7. The fraction of sp³-hybridized carbons (Fsp3) is 0.625. The van der Waals surface area contributed by atoms with Gasteiger partial charge in [-0.2, -0.15) is 0 Å². The number of halogens is 1. The zero-order valence-corrected chi connectivity index (χ0v) is 13.7. The van der Waals surface area contributed by atoms with Gasteiger partial charge in [0.05, 0.1) is 0 Å². The molecule has 0 atom stereocenters. The molecule has 19 heavy (non-hydrogen) atoms. The molecule has 0 aliphatic heterocycles. The third-order valence-corrected chi connectivity index (χ3v) is 4.78. The molecule has 1 aliphatic carbocycles.